The van der Waals surface area contributed by atoms with E-state index in [9.17, 15) is 9.59 Å². The molecule has 2 amide bonds. The van der Waals surface area contributed by atoms with Crippen LogP contribution in [0, 0.1) is 5.92 Å². The van der Waals surface area contributed by atoms with Crippen LogP contribution in [0.1, 0.15) is 17.3 Å². The van der Waals surface area contributed by atoms with Crippen molar-refractivity contribution in [3.8, 4) is 5.75 Å². The molecule has 0 aliphatic heterocycles. The number of primary amides is 1. The lowest BCUT2D eigenvalue weighted by molar-refractivity contribution is -0.119. The summed E-state index contributed by atoms with van der Waals surface area (Å²) in [5, 5.41) is 11.6. The Bertz CT molecular complexity index is 431. The molecule has 1 rings (SSSR count). The molecule has 1 aromatic rings. The third-order valence-electron chi connectivity index (χ3n) is 2.42. The van der Waals surface area contributed by atoms with E-state index in [-0.39, 0.29) is 25.0 Å². The largest absolute Gasteiger partial charge is 0.484 e. The smallest absolute Gasteiger partial charge is 0.255 e. The number of aliphatic hydroxyl groups is 1. The highest BCUT2D eigenvalue weighted by molar-refractivity contribution is 5.94. The van der Waals surface area contributed by atoms with Crippen molar-refractivity contribution in [2.24, 2.45) is 11.7 Å². The Morgan fingerprint density at radius 2 is 2.00 bits per heavy atom. The van der Waals surface area contributed by atoms with Crippen molar-refractivity contribution >= 4 is 11.8 Å². The van der Waals surface area contributed by atoms with Crippen LogP contribution in [0.15, 0.2) is 24.3 Å². The number of ether oxygens (including phenoxy) is 1. The zero-order chi connectivity index (χ0) is 14.3. The maximum Gasteiger partial charge on any atom is 0.255 e. The number of carbonyl (C=O) groups excluding carboxylic acids is 2. The van der Waals surface area contributed by atoms with Gasteiger partial charge in [-0.15, -0.1) is 0 Å². The van der Waals surface area contributed by atoms with Gasteiger partial charge in [-0.05, 0) is 30.2 Å². The molecule has 6 nitrogen and oxygen atoms in total. The van der Waals surface area contributed by atoms with E-state index in [2.05, 4.69) is 5.32 Å². The van der Waals surface area contributed by atoms with Gasteiger partial charge in [-0.3, -0.25) is 9.59 Å². The topological polar surface area (TPSA) is 102 Å². The number of hydrogen-bond acceptors (Lipinski definition) is 4. The van der Waals surface area contributed by atoms with Crippen LogP contribution in [0.3, 0.4) is 0 Å². The summed E-state index contributed by atoms with van der Waals surface area (Å²) >= 11 is 0. The Hall–Kier alpha value is -2.08. The molecule has 1 atom stereocenters. The highest BCUT2D eigenvalue weighted by atomic mass is 16.5. The SMILES string of the molecule is CC(CO)CNC(=O)c1ccc(OCC(N)=O)cc1. The minimum Gasteiger partial charge on any atom is -0.484 e. The van der Waals surface area contributed by atoms with Crippen molar-refractivity contribution in [2.45, 2.75) is 6.92 Å². The normalized spacial score (nSPS) is 11.7. The van der Waals surface area contributed by atoms with Crippen LogP contribution in [-0.2, 0) is 4.79 Å². The Morgan fingerprint density at radius 3 is 2.53 bits per heavy atom. The van der Waals surface area contributed by atoms with Gasteiger partial charge in [0.15, 0.2) is 6.61 Å². The summed E-state index contributed by atoms with van der Waals surface area (Å²) in [7, 11) is 0. The molecule has 4 N–H and O–H groups in total. The lowest BCUT2D eigenvalue weighted by Crippen LogP contribution is -2.29. The quantitative estimate of drug-likeness (QED) is 0.641. The van der Waals surface area contributed by atoms with E-state index in [4.69, 9.17) is 15.6 Å². The average Bonchev–Trinajstić information content (AvgIpc) is 2.42. The zero-order valence-electron chi connectivity index (χ0n) is 10.8. The second-order valence-corrected chi connectivity index (χ2v) is 4.28. The Kier molecular flexibility index (Phi) is 5.81. The molecule has 0 saturated heterocycles. The van der Waals surface area contributed by atoms with Gasteiger partial charge in [0.25, 0.3) is 11.8 Å². The number of aliphatic hydroxyl groups excluding tert-OH is 1. The molecular weight excluding hydrogens is 248 g/mol. The van der Waals surface area contributed by atoms with E-state index in [0.29, 0.717) is 17.9 Å². The van der Waals surface area contributed by atoms with Crippen molar-refractivity contribution in [2.75, 3.05) is 19.8 Å². The van der Waals surface area contributed by atoms with Gasteiger partial charge in [0, 0.05) is 18.7 Å². The number of nitrogens with two attached hydrogens (primary N) is 1. The highest BCUT2D eigenvalue weighted by Gasteiger charge is 2.07. The summed E-state index contributed by atoms with van der Waals surface area (Å²) in [4.78, 5) is 22.3. The van der Waals surface area contributed by atoms with E-state index in [1.54, 1.807) is 24.3 Å². The highest BCUT2D eigenvalue weighted by Crippen LogP contribution is 2.12. The van der Waals surface area contributed by atoms with Crippen LogP contribution < -0.4 is 15.8 Å². The van der Waals surface area contributed by atoms with E-state index < -0.39 is 5.91 Å². The van der Waals surface area contributed by atoms with Gasteiger partial charge >= 0.3 is 0 Å². The fraction of sp³-hybridized carbons (Fsp3) is 0.385. The maximum atomic E-state index is 11.7. The molecule has 0 radical (unpaired) electrons. The van der Waals surface area contributed by atoms with Gasteiger partial charge in [-0.1, -0.05) is 6.92 Å². The first-order valence-electron chi connectivity index (χ1n) is 5.93. The first-order chi connectivity index (χ1) is 9.02. The van der Waals surface area contributed by atoms with Crippen LogP contribution in [0.5, 0.6) is 5.75 Å². The Balaban J connectivity index is 2.50. The summed E-state index contributed by atoms with van der Waals surface area (Å²) in [5.74, 6) is -0.289. The predicted octanol–water partition coefficient (Wildman–Crippen LogP) is -0.0911. The van der Waals surface area contributed by atoms with Crippen molar-refractivity contribution in [1.82, 2.24) is 5.32 Å². The molecule has 0 aliphatic rings. The van der Waals surface area contributed by atoms with E-state index in [1.165, 1.54) is 0 Å². The molecule has 19 heavy (non-hydrogen) atoms. The summed E-state index contributed by atoms with van der Waals surface area (Å²) < 4.78 is 5.08. The molecule has 6 heteroatoms. The standard InChI is InChI=1S/C13H18N2O4/c1-9(7-16)6-15-13(18)10-2-4-11(5-3-10)19-8-12(14)17/h2-5,9,16H,6-8H2,1H3,(H2,14,17)(H,15,18). The third kappa shape index (κ3) is 5.39. The Morgan fingerprint density at radius 1 is 1.37 bits per heavy atom. The number of benzene rings is 1. The van der Waals surface area contributed by atoms with E-state index in [1.807, 2.05) is 6.92 Å². The van der Waals surface area contributed by atoms with Gasteiger partial charge in [0.1, 0.15) is 5.75 Å². The average molecular weight is 266 g/mol. The van der Waals surface area contributed by atoms with Crippen LogP contribution in [-0.4, -0.2) is 36.7 Å². The maximum absolute atomic E-state index is 11.7. The van der Waals surface area contributed by atoms with Gasteiger partial charge in [-0.2, -0.15) is 0 Å². The predicted molar refractivity (Wildman–Crippen MR) is 69.7 cm³/mol. The molecule has 1 unspecified atom stereocenters. The van der Waals surface area contributed by atoms with Gasteiger partial charge in [0.05, 0.1) is 0 Å². The second kappa shape index (κ2) is 7.38. The van der Waals surface area contributed by atoms with Gasteiger partial charge in [-0.25, -0.2) is 0 Å². The summed E-state index contributed by atoms with van der Waals surface area (Å²) in [6.45, 7) is 2.08. The van der Waals surface area contributed by atoms with Crippen molar-refractivity contribution in [3.05, 3.63) is 29.8 Å². The Labute approximate surface area is 111 Å². The van der Waals surface area contributed by atoms with Crippen molar-refractivity contribution in [3.63, 3.8) is 0 Å². The lowest BCUT2D eigenvalue weighted by atomic mass is 10.1. The van der Waals surface area contributed by atoms with Crippen LogP contribution in [0.4, 0.5) is 0 Å². The minimum atomic E-state index is -0.556. The lowest BCUT2D eigenvalue weighted by Gasteiger charge is -2.10. The van der Waals surface area contributed by atoms with Gasteiger partial charge in [0.2, 0.25) is 0 Å². The molecule has 1 aromatic carbocycles. The fourth-order valence-corrected chi connectivity index (χ4v) is 1.29. The van der Waals surface area contributed by atoms with E-state index >= 15 is 0 Å². The second-order valence-electron chi connectivity index (χ2n) is 4.28. The first kappa shape index (κ1) is 15.0. The molecular formula is C13H18N2O4. The first-order valence-corrected chi connectivity index (χ1v) is 5.93. The molecule has 0 aromatic heterocycles. The molecule has 104 valence electrons. The van der Waals surface area contributed by atoms with Crippen molar-refractivity contribution < 1.29 is 19.4 Å². The van der Waals surface area contributed by atoms with Gasteiger partial charge < -0.3 is 20.9 Å². The number of carbonyl (C=O) groups is 2. The number of rotatable bonds is 7. The minimum absolute atomic E-state index is 0.0159. The molecule has 0 bridgehead atoms. The third-order valence-corrected chi connectivity index (χ3v) is 2.42. The van der Waals surface area contributed by atoms with Crippen LogP contribution >= 0.6 is 0 Å². The number of amides is 2. The molecule has 0 aliphatic carbocycles. The molecule has 0 fully saturated rings. The van der Waals surface area contributed by atoms with Crippen LogP contribution in [0.25, 0.3) is 0 Å². The molecule has 0 spiro atoms. The van der Waals surface area contributed by atoms with Crippen molar-refractivity contribution in [1.29, 1.82) is 0 Å². The fourth-order valence-electron chi connectivity index (χ4n) is 1.29. The summed E-state index contributed by atoms with van der Waals surface area (Å²) in [5.41, 5.74) is 5.43. The van der Waals surface area contributed by atoms with Crippen LogP contribution in [0.2, 0.25) is 0 Å². The number of hydrogen-bond donors (Lipinski definition) is 3. The summed E-state index contributed by atoms with van der Waals surface area (Å²) in [6.07, 6.45) is 0. The molecule has 0 saturated carbocycles. The number of nitrogens with one attached hydrogen (secondary N) is 1. The molecule has 0 heterocycles. The van der Waals surface area contributed by atoms with E-state index in [0.717, 1.165) is 0 Å². The monoisotopic (exact) mass is 266 g/mol. The summed E-state index contributed by atoms with van der Waals surface area (Å²) in [6, 6.07) is 6.37. The zero-order valence-corrected chi connectivity index (χ0v) is 10.8.